The van der Waals surface area contributed by atoms with Gasteiger partial charge in [0.05, 0.1) is 39.6 Å². The van der Waals surface area contributed by atoms with E-state index in [1.165, 1.54) is 0 Å². The van der Waals surface area contributed by atoms with E-state index >= 15 is 0 Å². The second kappa shape index (κ2) is 20.1. The highest BCUT2D eigenvalue weighted by atomic mass is 16.6. The van der Waals surface area contributed by atoms with Crippen LogP contribution in [0.5, 0.6) is 0 Å². The Balaban J connectivity index is 5.44. The molecule has 18 nitrogen and oxygen atoms in total. The first-order chi connectivity index (χ1) is 17.2. The molecule has 0 aliphatic rings. The Bertz CT molecular complexity index is 651. The number of aliphatic hydroxyl groups is 2. The molecule has 4 unspecified atom stereocenters. The van der Waals surface area contributed by atoms with Crippen LogP contribution >= 0.6 is 0 Å². The van der Waals surface area contributed by atoms with Crippen molar-refractivity contribution >= 4 is 23.3 Å². The lowest BCUT2D eigenvalue weighted by Gasteiger charge is -2.34. The fourth-order valence-electron chi connectivity index (χ4n) is 2.60. The van der Waals surface area contributed by atoms with E-state index in [0.29, 0.717) is 0 Å². The highest BCUT2D eigenvalue weighted by Gasteiger charge is 2.36. The predicted molar refractivity (Wildman–Crippen MR) is 125 cm³/mol. The lowest BCUT2D eigenvalue weighted by Crippen LogP contribution is -2.51. The third-order valence-electron chi connectivity index (χ3n) is 4.52. The zero-order valence-corrected chi connectivity index (χ0v) is 19.8. The van der Waals surface area contributed by atoms with Crippen LogP contribution in [0.25, 0.3) is 0 Å². The molecule has 0 saturated heterocycles. The molecule has 4 atom stereocenters. The van der Waals surface area contributed by atoms with E-state index in [-0.39, 0.29) is 88.7 Å². The van der Waals surface area contributed by atoms with E-state index in [2.05, 4.69) is 20.6 Å². The maximum Gasteiger partial charge on any atom is 0.141 e. The van der Waals surface area contributed by atoms with Gasteiger partial charge in [0.2, 0.25) is 0 Å². The quantitative estimate of drug-likeness (QED) is 0.0235. The van der Waals surface area contributed by atoms with Gasteiger partial charge in [0, 0.05) is 25.7 Å². The van der Waals surface area contributed by atoms with Crippen LogP contribution in [0.3, 0.4) is 0 Å². The fraction of sp³-hybridized carbons (Fsp3) is 0.778. The number of aliphatic hydroxyl groups excluding tert-OH is 2. The summed E-state index contributed by atoms with van der Waals surface area (Å²) in [5, 5.41) is 67.4. The van der Waals surface area contributed by atoms with Crippen molar-refractivity contribution in [3.05, 3.63) is 0 Å². The molecule has 36 heavy (non-hydrogen) atoms. The Kier molecular flexibility index (Phi) is 18.3. The number of nitrogens with zero attached hydrogens (tertiary/aromatic N) is 4. The monoisotopic (exact) mass is 526 g/mol. The summed E-state index contributed by atoms with van der Waals surface area (Å²) in [5.74, 6) is -0.399. The van der Waals surface area contributed by atoms with E-state index in [1.807, 2.05) is 0 Å². The topological polar surface area (TPSA) is 312 Å². The zero-order chi connectivity index (χ0) is 27.3. The van der Waals surface area contributed by atoms with Gasteiger partial charge in [-0.15, -0.1) is 0 Å². The van der Waals surface area contributed by atoms with Gasteiger partial charge in [-0.05, 0) is 0 Å². The number of hydrogen-bond acceptors (Lipinski definition) is 14. The first kappa shape index (κ1) is 32.8. The third kappa shape index (κ3) is 15.0. The zero-order valence-electron chi connectivity index (χ0n) is 19.8. The Morgan fingerprint density at radius 2 is 0.806 bits per heavy atom. The molecule has 0 amide bonds. The van der Waals surface area contributed by atoms with Crippen molar-refractivity contribution < 1.29 is 50.0 Å². The smallest absolute Gasteiger partial charge is 0.141 e. The fourth-order valence-corrected chi connectivity index (χ4v) is 2.60. The molecule has 0 aromatic rings. The van der Waals surface area contributed by atoms with E-state index in [9.17, 15) is 10.2 Å². The molecule has 0 spiro atoms. The van der Waals surface area contributed by atoms with Gasteiger partial charge in [0.15, 0.2) is 0 Å². The molecule has 18 heteroatoms. The van der Waals surface area contributed by atoms with Gasteiger partial charge in [-0.3, -0.25) is 0 Å². The van der Waals surface area contributed by atoms with Crippen LogP contribution in [-0.4, -0.2) is 118 Å². The van der Waals surface area contributed by atoms with Crippen LogP contribution in [0.1, 0.15) is 25.7 Å². The maximum atomic E-state index is 10.8. The van der Waals surface area contributed by atoms with Crippen LogP contribution in [0.4, 0.5) is 0 Å². The molecular weight excluding hydrogens is 488 g/mol. The van der Waals surface area contributed by atoms with E-state index in [4.69, 9.17) is 62.7 Å². The number of oxime groups is 4. The molecule has 0 bridgehead atoms. The van der Waals surface area contributed by atoms with Crippen molar-refractivity contribution in [2.75, 3.05) is 39.6 Å². The van der Waals surface area contributed by atoms with Crippen LogP contribution in [0, 0.1) is 0 Å². The standard InChI is InChI=1S/C18H38N8O10/c19-13(23-29)1-5-33-9-11(27)17(35-7-3-15(21)25-31)18(36-8-4-16(22)26-32)12(28)10-34-6-2-14(20)24-30/h11-12,17-18,27-32H,1-10H2,(H2,19,23)(H2,20,24)(H2,21,25)(H2,22,26). The van der Waals surface area contributed by atoms with E-state index < -0.39 is 24.4 Å². The van der Waals surface area contributed by atoms with Crippen LogP contribution in [0.15, 0.2) is 20.6 Å². The van der Waals surface area contributed by atoms with Crippen molar-refractivity contribution in [2.24, 2.45) is 43.6 Å². The Morgan fingerprint density at radius 1 is 0.528 bits per heavy atom. The van der Waals surface area contributed by atoms with E-state index in [0.717, 1.165) is 0 Å². The van der Waals surface area contributed by atoms with Gasteiger partial charge in [-0.2, -0.15) is 0 Å². The molecule has 0 saturated carbocycles. The summed E-state index contributed by atoms with van der Waals surface area (Å²) >= 11 is 0. The minimum atomic E-state index is -1.36. The normalized spacial score (nSPS) is 17.1. The highest BCUT2D eigenvalue weighted by molar-refractivity contribution is 5.80. The summed E-state index contributed by atoms with van der Waals surface area (Å²) in [5.41, 5.74) is 21.7. The predicted octanol–water partition coefficient (Wildman–Crippen LogP) is -2.94. The van der Waals surface area contributed by atoms with Crippen molar-refractivity contribution in [2.45, 2.75) is 50.1 Å². The van der Waals surface area contributed by atoms with Gasteiger partial charge < -0.3 is 72.9 Å². The summed E-state index contributed by atoms with van der Waals surface area (Å²) in [4.78, 5) is 0. The largest absolute Gasteiger partial charge is 0.409 e. The summed E-state index contributed by atoms with van der Waals surface area (Å²) < 4.78 is 22.1. The Morgan fingerprint density at radius 3 is 1.08 bits per heavy atom. The second-order valence-corrected chi connectivity index (χ2v) is 7.32. The summed E-state index contributed by atoms with van der Waals surface area (Å²) in [6.07, 6.45) is -4.97. The third-order valence-corrected chi connectivity index (χ3v) is 4.52. The van der Waals surface area contributed by atoms with Crippen molar-refractivity contribution in [3.63, 3.8) is 0 Å². The van der Waals surface area contributed by atoms with Crippen molar-refractivity contribution in [1.29, 1.82) is 0 Å². The number of amidine groups is 4. The summed E-state index contributed by atoms with van der Waals surface area (Å²) in [6, 6.07) is 0. The first-order valence-corrected chi connectivity index (χ1v) is 10.8. The average Bonchev–Trinajstić information content (AvgIpc) is 2.88. The van der Waals surface area contributed by atoms with E-state index in [1.54, 1.807) is 0 Å². The molecule has 0 rings (SSSR count). The summed E-state index contributed by atoms with van der Waals surface area (Å²) in [7, 11) is 0. The second-order valence-electron chi connectivity index (χ2n) is 7.32. The number of hydrogen-bond donors (Lipinski definition) is 10. The molecule has 0 aromatic heterocycles. The minimum Gasteiger partial charge on any atom is -0.409 e. The molecule has 0 aliphatic carbocycles. The van der Waals surface area contributed by atoms with Gasteiger partial charge >= 0.3 is 0 Å². The average molecular weight is 527 g/mol. The number of ether oxygens (including phenoxy) is 4. The van der Waals surface area contributed by atoms with Gasteiger partial charge in [-0.25, -0.2) is 0 Å². The minimum absolute atomic E-state index is 0.00667. The van der Waals surface area contributed by atoms with Gasteiger partial charge in [-0.1, -0.05) is 20.6 Å². The highest BCUT2D eigenvalue weighted by Crippen LogP contribution is 2.16. The van der Waals surface area contributed by atoms with Crippen LogP contribution < -0.4 is 22.9 Å². The number of nitrogens with two attached hydrogens (primary N) is 4. The van der Waals surface area contributed by atoms with Crippen LogP contribution in [0.2, 0.25) is 0 Å². The lowest BCUT2D eigenvalue weighted by atomic mass is 10.0. The Labute approximate surface area is 207 Å². The molecule has 0 radical (unpaired) electrons. The first-order valence-electron chi connectivity index (χ1n) is 10.8. The van der Waals surface area contributed by atoms with Crippen LogP contribution in [-0.2, 0) is 18.9 Å². The van der Waals surface area contributed by atoms with Gasteiger partial charge in [0.25, 0.3) is 0 Å². The SMILES string of the molecule is NC(CCOCC(O)C(OCCC(N)=NO)C(OCCC(N)=NO)C(O)COCCC(N)=NO)=NO. The molecule has 210 valence electrons. The maximum absolute atomic E-state index is 10.8. The van der Waals surface area contributed by atoms with Crippen molar-refractivity contribution in [3.8, 4) is 0 Å². The molecule has 0 heterocycles. The number of rotatable bonds is 21. The molecular formula is C18H38N8O10. The summed E-state index contributed by atoms with van der Waals surface area (Å²) in [6.45, 7) is -0.803. The Hall–Kier alpha value is -3.16. The molecule has 0 fully saturated rings. The molecule has 14 N–H and O–H groups in total. The van der Waals surface area contributed by atoms with Crippen molar-refractivity contribution in [1.82, 2.24) is 0 Å². The molecule has 0 aliphatic heterocycles. The lowest BCUT2D eigenvalue weighted by molar-refractivity contribution is -0.174. The molecule has 0 aromatic carbocycles. The van der Waals surface area contributed by atoms with Gasteiger partial charge in [0.1, 0.15) is 47.8 Å².